The van der Waals surface area contributed by atoms with Crippen LogP contribution in [0.15, 0.2) is 45.9 Å². The molecular weight excluding hydrogens is 292 g/mol. The first-order chi connectivity index (χ1) is 9.97. The number of aliphatic hydroxyl groups is 1. The van der Waals surface area contributed by atoms with E-state index in [9.17, 15) is 9.90 Å². The van der Waals surface area contributed by atoms with Crippen LogP contribution in [-0.4, -0.2) is 36.2 Å². The molecule has 0 amide bonds. The fraction of sp³-hybridized carbons (Fsp3) is 0.200. The van der Waals surface area contributed by atoms with Gasteiger partial charge in [-0.3, -0.25) is 4.79 Å². The molecule has 1 N–H and O–H groups in total. The molecule has 1 aromatic heterocycles. The lowest BCUT2D eigenvalue weighted by Crippen LogP contribution is -2.11. The molecule has 2 aromatic rings. The molecule has 0 spiro atoms. The topological polar surface area (TPSA) is 66.0 Å². The Labute approximate surface area is 127 Å². The largest absolute Gasteiger partial charge is 0.452 e. The Morgan fingerprint density at radius 1 is 1.29 bits per heavy atom. The van der Waals surface area contributed by atoms with Crippen LogP contribution in [0.25, 0.3) is 0 Å². The van der Waals surface area contributed by atoms with Gasteiger partial charge in [0.05, 0.1) is 6.21 Å². The Hall–Kier alpha value is -2.11. The minimum absolute atomic E-state index is 0.0812. The van der Waals surface area contributed by atoms with E-state index in [1.165, 1.54) is 12.3 Å². The summed E-state index contributed by atoms with van der Waals surface area (Å²) in [7, 11) is 3.55. The van der Waals surface area contributed by atoms with Gasteiger partial charge < -0.3 is 14.5 Å². The predicted molar refractivity (Wildman–Crippen MR) is 80.7 cm³/mol. The average molecular weight is 307 g/mol. The molecule has 1 atom stereocenters. The third-order valence-corrected chi connectivity index (χ3v) is 2.97. The highest BCUT2D eigenvalue weighted by Gasteiger charge is 2.22. The number of halogens is 1. The van der Waals surface area contributed by atoms with Crippen LogP contribution in [0.5, 0.6) is 0 Å². The van der Waals surface area contributed by atoms with E-state index in [1.807, 2.05) is 0 Å². The zero-order valence-electron chi connectivity index (χ0n) is 11.7. The standard InChI is InChI=1S/C15H15ClN2O3/c1-18(2)17-9-12-7-8-13(21-12)15(20)14(19)10-3-5-11(16)6-4-10/h3-9,14,19H,1-2H3/b17-9-/t14-/m1/s1. The zero-order chi connectivity index (χ0) is 15.4. The van der Waals surface area contributed by atoms with E-state index in [0.29, 0.717) is 16.3 Å². The number of carbonyl (C=O) groups excluding carboxylic acids is 1. The molecule has 0 aliphatic heterocycles. The first-order valence-corrected chi connectivity index (χ1v) is 6.64. The van der Waals surface area contributed by atoms with Gasteiger partial charge in [0.1, 0.15) is 11.9 Å². The molecule has 0 saturated carbocycles. The number of nitrogens with zero attached hydrogens (tertiary/aromatic N) is 2. The number of rotatable bonds is 5. The van der Waals surface area contributed by atoms with Crippen LogP contribution in [0.2, 0.25) is 5.02 Å². The molecule has 0 aliphatic rings. The lowest BCUT2D eigenvalue weighted by Gasteiger charge is -2.08. The van der Waals surface area contributed by atoms with Gasteiger partial charge in [0.15, 0.2) is 5.76 Å². The highest BCUT2D eigenvalue weighted by molar-refractivity contribution is 6.30. The Bertz CT molecular complexity index is 647. The van der Waals surface area contributed by atoms with Crippen molar-refractivity contribution in [1.82, 2.24) is 5.01 Å². The summed E-state index contributed by atoms with van der Waals surface area (Å²) in [6.07, 6.45) is 0.206. The average Bonchev–Trinajstić information content (AvgIpc) is 2.93. The minimum Gasteiger partial charge on any atom is -0.452 e. The van der Waals surface area contributed by atoms with Crippen molar-refractivity contribution in [2.75, 3.05) is 14.1 Å². The third kappa shape index (κ3) is 3.93. The molecule has 1 heterocycles. The van der Waals surface area contributed by atoms with Gasteiger partial charge in [-0.05, 0) is 29.8 Å². The molecular formula is C15H15ClN2O3. The van der Waals surface area contributed by atoms with Gasteiger partial charge in [0, 0.05) is 19.1 Å². The lowest BCUT2D eigenvalue weighted by atomic mass is 10.0. The van der Waals surface area contributed by atoms with Crippen LogP contribution in [-0.2, 0) is 0 Å². The number of Topliss-reactive ketones (excluding diaryl/α,β-unsaturated/α-hetero) is 1. The summed E-state index contributed by atoms with van der Waals surface area (Å²) in [6.45, 7) is 0. The van der Waals surface area contributed by atoms with Crippen molar-refractivity contribution in [2.24, 2.45) is 5.10 Å². The van der Waals surface area contributed by atoms with E-state index in [2.05, 4.69) is 5.10 Å². The summed E-state index contributed by atoms with van der Waals surface area (Å²) < 4.78 is 5.35. The molecule has 6 heteroatoms. The van der Waals surface area contributed by atoms with E-state index in [-0.39, 0.29) is 5.76 Å². The number of aliphatic hydroxyl groups excluding tert-OH is 1. The third-order valence-electron chi connectivity index (χ3n) is 2.72. The van der Waals surface area contributed by atoms with Crippen LogP contribution in [0.3, 0.4) is 0 Å². The normalized spacial score (nSPS) is 12.6. The van der Waals surface area contributed by atoms with E-state index in [0.717, 1.165) is 0 Å². The van der Waals surface area contributed by atoms with Gasteiger partial charge in [0.2, 0.25) is 5.78 Å². The second-order valence-corrected chi connectivity index (χ2v) is 5.05. The van der Waals surface area contributed by atoms with E-state index in [1.54, 1.807) is 49.4 Å². The summed E-state index contributed by atoms with van der Waals surface area (Å²) in [5.74, 6) is 0.00911. The smallest absolute Gasteiger partial charge is 0.230 e. The first-order valence-electron chi connectivity index (χ1n) is 6.26. The Balaban J connectivity index is 2.14. The highest BCUT2D eigenvalue weighted by Crippen LogP contribution is 2.21. The summed E-state index contributed by atoms with van der Waals surface area (Å²) in [4.78, 5) is 12.1. The zero-order valence-corrected chi connectivity index (χ0v) is 12.4. The molecule has 0 aliphatic carbocycles. The predicted octanol–water partition coefficient (Wildman–Crippen LogP) is 2.74. The Morgan fingerprint density at radius 3 is 2.57 bits per heavy atom. The van der Waals surface area contributed by atoms with Gasteiger partial charge in [-0.2, -0.15) is 5.10 Å². The molecule has 1 aromatic carbocycles. The number of benzene rings is 1. The van der Waals surface area contributed by atoms with Crippen LogP contribution < -0.4 is 0 Å². The van der Waals surface area contributed by atoms with Crippen LogP contribution >= 0.6 is 11.6 Å². The van der Waals surface area contributed by atoms with Crippen molar-refractivity contribution in [3.8, 4) is 0 Å². The molecule has 0 saturated heterocycles. The van der Waals surface area contributed by atoms with E-state index < -0.39 is 11.9 Å². The van der Waals surface area contributed by atoms with Gasteiger partial charge >= 0.3 is 0 Å². The summed E-state index contributed by atoms with van der Waals surface area (Å²) >= 11 is 5.77. The fourth-order valence-electron chi connectivity index (χ4n) is 1.66. The molecule has 0 bridgehead atoms. The van der Waals surface area contributed by atoms with Crippen molar-refractivity contribution >= 4 is 23.6 Å². The number of ketones is 1. The van der Waals surface area contributed by atoms with Crippen molar-refractivity contribution in [3.63, 3.8) is 0 Å². The highest BCUT2D eigenvalue weighted by atomic mass is 35.5. The van der Waals surface area contributed by atoms with E-state index >= 15 is 0 Å². The van der Waals surface area contributed by atoms with Crippen LogP contribution in [0.1, 0.15) is 28.0 Å². The summed E-state index contributed by atoms with van der Waals surface area (Å²) in [5.41, 5.74) is 0.462. The first kappa shape index (κ1) is 15.3. The van der Waals surface area contributed by atoms with Crippen LogP contribution in [0.4, 0.5) is 0 Å². The molecule has 2 rings (SSSR count). The molecule has 0 unspecified atom stereocenters. The SMILES string of the molecule is CN(C)/N=C\c1ccc(C(=O)[C@H](O)c2ccc(Cl)cc2)o1. The number of hydrogen-bond acceptors (Lipinski definition) is 5. The Morgan fingerprint density at radius 2 is 1.95 bits per heavy atom. The number of hydrogen-bond donors (Lipinski definition) is 1. The second kappa shape index (κ2) is 6.56. The van der Waals surface area contributed by atoms with E-state index in [4.69, 9.17) is 16.0 Å². The quantitative estimate of drug-likeness (QED) is 0.524. The summed E-state index contributed by atoms with van der Waals surface area (Å²) in [6, 6.07) is 9.56. The lowest BCUT2D eigenvalue weighted by molar-refractivity contribution is 0.0717. The van der Waals surface area contributed by atoms with Gasteiger partial charge in [0.25, 0.3) is 0 Å². The van der Waals surface area contributed by atoms with Crippen molar-refractivity contribution in [3.05, 3.63) is 58.5 Å². The maximum atomic E-state index is 12.1. The van der Waals surface area contributed by atoms with Gasteiger partial charge in [-0.25, -0.2) is 0 Å². The number of furan rings is 1. The van der Waals surface area contributed by atoms with Crippen molar-refractivity contribution in [1.29, 1.82) is 0 Å². The number of hydrazone groups is 1. The maximum Gasteiger partial charge on any atom is 0.230 e. The van der Waals surface area contributed by atoms with Crippen LogP contribution in [0, 0.1) is 0 Å². The molecule has 0 radical (unpaired) electrons. The maximum absolute atomic E-state index is 12.1. The summed E-state index contributed by atoms with van der Waals surface area (Å²) in [5, 5.41) is 16.2. The molecule has 110 valence electrons. The minimum atomic E-state index is -1.29. The fourth-order valence-corrected chi connectivity index (χ4v) is 1.78. The molecule has 21 heavy (non-hydrogen) atoms. The van der Waals surface area contributed by atoms with Gasteiger partial charge in [-0.1, -0.05) is 23.7 Å². The van der Waals surface area contributed by atoms with Crippen molar-refractivity contribution < 1.29 is 14.3 Å². The van der Waals surface area contributed by atoms with Gasteiger partial charge in [-0.15, -0.1) is 0 Å². The number of carbonyl (C=O) groups is 1. The Kier molecular flexibility index (Phi) is 4.77. The monoisotopic (exact) mass is 306 g/mol. The van der Waals surface area contributed by atoms with Crippen molar-refractivity contribution in [2.45, 2.75) is 6.10 Å². The molecule has 0 fully saturated rings. The molecule has 5 nitrogen and oxygen atoms in total. The second-order valence-electron chi connectivity index (χ2n) is 4.61.